The summed E-state index contributed by atoms with van der Waals surface area (Å²) in [6, 6.07) is 5.50. The van der Waals surface area contributed by atoms with Gasteiger partial charge in [0.15, 0.2) is 23.1 Å². The Morgan fingerprint density at radius 2 is 1.72 bits per heavy atom. The first kappa shape index (κ1) is 10.8. The van der Waals surface area contributed by atoms with Gasteiger partial charge in [0.1, 0.15) is 17.2 Å². The van der Waals surface area contributed by atoms with Gasteiger partial charge in [0.25, 0.3) is 0 Å². The molecule has 0 aromatic heterocycles. The van der Waals surface area contributed by atoms with E-state index < -0.39 is 17.4 Å². The second-order valence-corrected chi connectivity index (χ2v) is 3.80. The van der Waals surface area contributed by atoms with Crippen molar-refractivity contribution in [3.05, 3.63) is 42.0 Å². The minimum Gasteiger partial charge on any atom is -0.505 e. The maximum absolute atomic E-state index is 13.2. The summed E-state index contributed by atoms with van der Waals surface area (Å²) in [5.74, 6) is -1.77. The molecule has 0 saturated carbocycles. The standard InChI is InChI=1S/C12H7F2NO3/c13-6-1-2-11-8(3-6)15(17)9-4-7(14)10(16)5-12(9)18-11/h1-5,16-17H. The number of aromatic hydroxyl groups is 1. The molecule has 0 bridgehead atoms. The van der Waals surface area contributed by atoms with E-state index in [2.05, 4.69) is 0 Å². The Labute approximate surface area is 100 Å². The molecule has 1 aliphatic heterocycles. The van der Waals surface area contributed by atoms with Crippen molar-refractivity contribution in [2.75, 3.05) is 5.06 Å². The van der Waals surface area contributed by atoms with E-state index in [0.717, 1.165) is 18.2 Å². The maximum Gasteiger partial charge on any atom is 0.167 e. The average molecular weight is 251 g/mol. The fourth-order valence-corrected chi connectivity index (χ4v) is 1.77. The van der Waals surface area contributed by atoms with E-state index in [4.69, 9.17) is 4.74 Å². The monoisotopic (exact) mass is 251 g/mol. The molecule has 0 radical (unpaired) electrons. The van der Waals surface area contributed by atoms with Crippen LogP contribution in [0.5, 0.6) is 17.2 Å². The molecule has 2 aromatic rings. The Kier molecular flexibility index (Phi) is 2.14. The lowest BCUT2D eigenvalue weighted by Crippen LogP contribution is -2.16. The summed E-state index contributed by atoms with van der Waals surface area (Å²) in [6.07, 6.45) is 0. The first-order valence-electron chi connectivity index (χ1n) is 5.05. The topological polar surface area (TPSA) is 52.9 Å². The molecule has 1 heterocycles. The summed E-state index contributed by atoms with van der Waals surface area (Å²) >= 11 is 0. The molecule has 0 fully saturated rings. The quantitative estimate of drug-likeness (QED) is 0.754. The number of halogens is 2. The summed E-state index contributed by atoms with van der Waals surface area (Å²) in [6.45, 7) is 0. The van der Waals surface area contributed by atoms with Crippen LogP contribution in [0.1, 0.15) is 0 Å². The van der Waals surface area contributed by atoms with Gasteiger partial charge in [0, 0.05) is 18.2 Å². The Morgan fingerprint density at radius 3 is 2.50 bits per heavy atom. The zero-order chi connectivity index (χ0) is 12.9. The molecule has 0 amide bonds. The van der Waals surface area contributed by atoms with Crippen LogP contribution in [0.15, 0.2) is 30.3 Å². The van der Waals surface area contributed by atoms with E-state index in [-0.39, 0.29) is 22.9 Å². The lowest BCUT2D eigenvalue weighted by molar-refractivity contribution is 0.283. The molecule has 0 aliphatic carbocycles. The van der Waals surface area contributed by atoms with E-state index in [0.29, 0.717) is 5.06 Å². The molecule has 3 rings (SSSR count). The van der Waals surface area contributed by atoms with Gasteiger partial charge < -0.3 is 9.84 Å². The fraction of sp³-hybridized carbons (Fsp3) is 0. The first-order valence-corrected chi connectivity index (χ1v) is 5.05. The smallest absolute Gasteiger partial charge is 0.167 e. The Morgan fingerprint density at radius 1 is 1.00 bits per heavy atom. The molecule has 18 heavy (non-hydrogen) atoms. The molecule has 1 aliphatic rings. The largest absolute Gasteiger partial charge is 0.505 e. The summed E-state index contributed by atoms with van der Waals surface area (Å²) in [4.78, 5) is 0. The van der Waals surface area contributed by atoms with Crippen LogP contribution in [-0.4, -0.2) is 10.3 Å². The van der Waals surface area contributed by atoms with Crippen molar-refractivity contribution < 1.29 is 23.8 Å². The molecular formula is C12H7F2NO3. The van der Waals surface area contributed by atoms with E-state index in [1.807, 2.05) is 0 Å². The van der Waals surface area contributed by atoms with Crippen LogP contribution >= 0.6 is 0 Å². The highest BCUT2D eigenvalue weighted by molar-refractivity contribution is 5.76. The number of anilines is 2. The minimum atomic E-state index is -0.906. The molecule has 2 N–H and O–H groups in total. The minimum absolute atomic E-state index is 0.0107. The van der Waals surface area contributed by atoms with Crippen molar-refractivity contribution >= 4 is 11.4 Å². The van der Waals surface area contributed by atoms with Crippen molar-refractivity contribution in [3.63, 3.8) is 0 Å². The van der Waals surface area contributed by atoms with Crippen molar-refractivity contribution in [1.29, 1.82) is 0 Å². The van der Waals surface area contributed by atoms with Gasteiger partial charge in [-0.1, -0.05) is 0 Å². The number of ether oxygens (including phenoxy) is 1. The van der Waals surface area contributed by atoms with Gasteiger partial charge in [-0.25, -0.2) is 13.8 Å². The lowest BCUT2D eigenvalue weighted by atomic mass is 10.2. The predicted molar refractivity (Wildman–Crippen MR) is 58.5 cm³/mol. The highest BCUT2D eigenvalue weighted by Crippen LogP contribution is 2.47. The van der Waals surface area contributed by atoms with E-state index in [9.17, 15) is 19.1 Å². The molecule has 92 valence electrons. The summed E-state index contributed by atoms with van der Waals surface area (Å²) in [5, 5.41) is 19.7. The third-order valence-electron chi connectivity index (χ3n) is 2.63. The van der Waals surface area contributed by atoms with E-state index in [1.165, 1.54) is 12.1 Å². The predicted octanol–water partition coefficient (Wildman–Crippen LogP) is 3.30. The van der Waals surface area contributed by atoms with Crippen molar-refractivity contribution in [2.45, 2.75) is 0 Å². The fourth-order valence-electron chi connectivity index (χ4n) is 1.77. The highest BCUT2D eigenvalue weighted by atomic mass is 19.1. The second kappa shape index (κ2) is 3.58. The SMILES string of the molecule is Oc1cc2c(cc1F)N(O)c1cc(F)ccc1O2. The number of benzene rings is 2. The van der Waals surface area contributed by atoms with Gasteiger partial charge >= 0.3 is 0 Å². The lowest BCUT2D eigenvalue weighted by Gasteiger charge is -2.27. The third kappa shape index (κ3) is 1.46. The molecule has 0 saturated heterocycles. The first-order chi connectivity index (χ1) is 8.56. The molecule has 4 nitrogen and oxygen atoms in total. The van der Waals surface area contributed by atoms with Gasteiger partial charge in [0.2, 0.25) is 0 Å². The van der Waals surface area contributed by atoms with Gasteiger partial charge in [-0.2, -0.15) is 0 Å². The van der Waals surface area contributed by atoms with Crippen LogP contribution in [0, 0.1) is 11.6 Å². The number of hydrogen-bond donors (Lipinski definition) is 2. The van der Waals surface area contributed by atoms with Gasteiger partial charge in [-0.3, -0.25) is 5.21 Å². The molecular weight excluding hydrogens is 244 g/mol. The van der Waals surface area contributed by atoms with Crippen LogP contribution in [0.25, 0.3) is 0 Å². The summed E-state index contributed by atoms with van der Waals surface area (Å²) < 4.78 is 31.6. The van der Waals surface area contributed by atoms with Crippen molar-refractivity contribution in [1.82, 2.24) is 0 Å². The van der Waals surface area contributed by atoms with Gasteiger partial charge in [0.05, 0.1) is 0 Å². The average Bonchev–Trinajstić information content (AvgIpc) is 2.33. The van der Waals surface area contributed by atoms with E-state index in [1.54, 1.807) is 0 Å². The van der Waals surface area contributed by atoms with Crippen LogP contribution < -0.4 is 9.80 Å². The number of rotatable bonds is 0. The van der Waals surface area contributed by atoms with Crippen LogP contribution in [0.2, 0.25) is 0 Å². The maximum atomic E-state index is 13.2. The number of fused-ring (bicyclic) bond motifs is 2. The van der Waals surface area contributed by atoms with Gasteiger partial charge in [-0.05, 0) is 12.1 Å². The van der Waals surface area contributed by atoms with Crippen LogP contribution in [0.3, 0.4) is 0 Å². The van der Waals surface area contributed by atoms with E-state index >= 15 is 0 Å². The summed E-state index contributed by atoms with van der Waals surface area (Å²) in [5.41, 5.74) is 0.0518. The number of phenols is 1. The zero-order valence-corrected chi connectivity index (χ0v) is 8.89. The van der Waals surface area contributed by atoms with Crippen molar-refractivity contribution in [2.24, 2.45) is 0 Å². The van der Waals surface area contributed by atoms with Gasteiger partial charge in [-0.15, -0.1) is 0 Å². The second-order valence-electron chi connectivity index (χ2n) is 3.80. The van der Waals surface area contributed by atoms with Crippen LogP contribution in [-0.2, 0) is 0 Å². The molecule has 0 unspecified atom stereocenters. The van der Waals surface area contributed by atoms with Crippen LogP contribution in [0.4, 0.5) is 20.2 Å². The molecule has 0 spiro atoms. The van der Waals surface area contributed by atoms with Crippen molar-refractivity contribution in [3.8, 4) is 17.2 Å². The molecule has 6 heteroatoms. The Hall–Kier alpha value is -2.34. The number of hydrogen-bond acceptors (Lipinski definition) is 4. The zero-order valence-electron chi connectivity index (χ0n) is 8.89. The number of nitrogens with zero attached hydrogens (tertiary/aromatic N) is 1. The Bertz CT molecular complexity index is 645. The third-order valence-corrected chi connectivity index (χ3v) is 2.63. The molecule has 0 atom stereocenters. The number of phenolic OH excluding ortho intramolecular Hbond substituents is 1. The molecule has 2 aromatic carbocycles. The summed E-state index contributed by atoms with van der Waals surface area (Å²) in [7, 11) is 0. The normalized spacial score (nSPS) is 12.7. The highest BCUT2D eigenvalue weighted by Gasteiger charge is 2.25. The Balaban J connectivity index is 2.19.